The summed E-state index contributed by atoms with van der Waals surface area (Å²) < 4.78 is 16.4. The molecule has 0 radical (unpaired) electrons. The lowest BCUT2D eigenvalue weighted by Gasteiger charge is -2.15. The number of aryl methyl sites for hydroxylation is 1. The quantitative estimate of drug-likeness (QED) is 0.848. The largest absolute Gasteiger partial charge is 0.493 e. The number of rotatable bonds is 7. The summed E-state index contributed by atoms with van der Waals surface area (Å²) in [6.07, 6.45) is 0. The van der Waals surface area contributed by atoms with E-state index in [1.165, 1.54) is 0 Å². The maximum atomic E-state index is 6.10. The number of hydrogen-bond acceptors (Lipinski definition) is 6. The van der Waals surface area contributed by atoms with E-state index < -0.39 is 0 Å². The zero-order chi connectivity index (χ0) is 15.2. The zero-order valence-corrected chi connectivity index (χ0v) is 13.0. The third-order valence-corrected chi connectivity index (χ3v) is 3.01. The zero-order valence-electron chi connectivity index (χ0n) is 12.3. The van der Waals surface area contributed by atoms with Crippen LogP contribution in [0.15, 0.2) is 16.5 Å². The first kappa shape index (κ1) is 15.6. The highest BCUT2D eigenvalue weighted by Gasteiger charge is 2.14. The van der Waals surface area contributed by atoms with Gasteiger partial charge < -0.3 is 19.2 Å². The average Bonchev–Trinajstić information content (AvgIpc) is 2.88. The van der Waals surface area contributed by atoms with E-state index in [1.807, 2.05) is 13.0 Å². The molecule has 0 amide bonds. The van der Waals surface area contributed by atoms with Gasteiger partial charge in [-0.15, -0.1) is 10.2 Å². The molecule has 6 nitrogen and oxygen atoms in total. The molecule has 0 aliphatic heterocycles. The van der Waals surface area contributed by atoms with Gasteiger partial charge in [-0.3, -0.25) is 0 Å². The SMILES string of the molecule is CCNCc1cc(Cl)cc(OC)c1OCc1nnc(C)o1. The van der Waals surface area contributed by atoms with Crippen LogP contribution in [-0.4, -0.2) is 23.9 Å². The molecule has 0 bridgehead atoms. The first-order valence-electron chi connectivity index (χ1n) is 6.63. The van der Waals surface area contributed by atoms with Gasteiger partial charge in [0.1, 0.15) is 0 Å². The number of methoxy groups -OCH3 is 1. The van der Waals surface area contributed by atoms with Crippen LogP contribution in [0.2, 0.25) is 5.02 Å². The van der Waals surface area contributed by atoms with Crippen LogP contribution in [0.25, 0.3) is 0 Å². The van der Waals surface area contributed by atoms with Crippen LogP contribution in [0.4, 0.5) is 0 Å². The van der Waals surface area contributed by atoms with Crippen molar-refractivity contribution in [2.45, 2.75) is 27.0 Å². The van der Waals surface area contributed by atoms with Crippen LogP contribution >= 0.6 is 11.6 Å². The van der Waals surface area contributed by atoms with Crippen molar-refractivity contribution in [3.05, 3.63) is 34.5 Å². The summed E-state index contributed by atoms with van der Waals surface area (Å²) in [7, 11) is 1.58. The highest BCUT2D eigenvalue weighted by molar-refractivity contribution is 6.30. The number of ether oxygens (including phenoxy) is 2. The van der Waals surface area contributed by atoms with Crippen LogP contribution in [0.1, 0.15) is 24.3 Å². The molecule has 0 atom stereocenters. The Morgan fingerprint density at radius 1 is 1.33 bits per heavy atom. The Balaban J connectivity index is 2.21. The summed E-state index contributed by atoms with van der Waals surface area (Å²) in [4.78, 5) is 0. The fraction of sp³-hybridized carbons (Fsp3) is 0.429. The van der Waals surface area contributed by atoms with Crippen molar-refractivity contribution in [2.75, 3.05) is 13.7 Å². The van der Waals surface area contributed by atoms with Crippen molar-refractivity contribution in [1.82, 2.24) is 15.5 Å². The molecule has 1 aromatic heterocycles. The van der Waals surface area contributed by atoms with Crippen molar-refractivity contribution in [2.24, 2.45) is 0 Å². The van der Waals surface area contributed by atoms with Gasteiger partial charge in [0, 0.05) is 30.1 Å². The molecule has 1 heterocycles. The van der Waals surface area contributed by atoms with Crippen LogP contribution in [0.3, 0.4) is 0 Å². The van der Waals surface area contributed by atoms with E-state index in [9.17, 15) is 0 Å². The third kappa shape index (κ3) is 4.09. The Kier molecular flexibility index (Phi) is 5.41. The highest BCUT2D eigenvalue weighted by atomic mass is 35.5. The maximum absolute atomic E-state index is 6.10. The molecule has 2 rings (SSSR count). The lowest BCUT2D eigenvalue weighted by Crippen LogP contribution is -2.13. The van der Waals surface area contributed by atoms with Crippen molar-refractivity contribution in [3.63, 3.8) is 0 Å². The fourth-order valence-electron chi connectivity index (χ4n) is 1.86. The number of halogens is 1. The Bertz CT molecular complexity index is 601. The summed E-state index contributed by atoms with van der Waals surface area (Å²) in [5, 5.41) is 11.5. The van der Waals surface area contributed by atoms with Gasteiger partial charge in [0.2, 0.25) is 5.89 Å². The molecule has 0 unspecified atom stereocenters. The van der Waals surface area contributed by atoms with Gasteiger partial charge in [-0.05, 0) is 12.6 Å². The smallest absolute Gasteiger partial charge is 0.253 e. The van der Waals surface area contributed by atoms with E-state index in [4.69, 9.17) is 25.5 Å². The summed E-state index contributed by atoms with van der Waals surface area (Å²) in [6.45, 7) is 5.42. The van der Waals surface area contributed by atoms with E-state index in [0.717, 1.165) is 12.1 Å². The molecule has 0 aliphatic rings. The van der Waals surface area contributed by atoms with E-state index in [0.29, 0.717) is 34.8 Å². The number of hydrogen-bond donors (Lipinski definition) is 1. The monoisotopic (exact) mass is 311 g/mol. The number of aromatic nitrogens is 2. The fourth-order valence-corrected chi connectivity index (χ4v) is 2.09. The van der Waals surface area contributed by atoms with E-state index in [2.05, 4.69) is 15.5 Å². The van der Waals surface area contributed by atoms with E-state index >= 15 is 0 Å². The van der Waals surface area contributed by atoms with Crippen molar-refractivity contribution >= 4 is 11.6 Å². The minimum Gasteiger partial charge on any atom is -0.493 e. The molecule has 0 saturated heterocycles. The highest BCUT2D eigenvalue weighted by Crippen LogP contribution is 2.35. The normalized spacial score (nSPS) is 10.7. The van der Waals surface area contributed by atoms with Gasteiger partial charge >= 0.3 is 0 Å². The lowest BCUT2D eigenvalue weighted by atomic mass is 10.2. The van der Waals surface area contributed by atoms with E-state index in [-0.39, 0.29) is 6.61 Å². The summed E-state index contributed by atoms with van der Waals surface area (Å²) in [6, 6.07) is 3.56. The number of nitrogens with zero attached hydrogens (tertiary/aromatic N) is 2. The molecule has 0 saturated carbocycles. The Hall–Kier alpha value is -1.79. The second kappa shape index (κ2) is 7.28. The molecule has 0 fully saturated rings. The Morgan fingerprint density at radius 3 is 2.76 bits per heavy atom. The third-order valence-electron chi connectivity index (χ3n) is 2.79. The topological polar surface area (TPSA) is 69.4 Å². The second-order valence-corrected chi connectivity index (χ2v) is 4.82. The minimum absolute atomic E-state index is 0.179. The molecule has 1 N–H and O–H groups in total. The molecule has 1 aromatic carbocycles. The Labute approximate surface area is 128 Å². The predicted octanol–water partition coefficient (Wildman–Crippen LogP) is 2.73. The van der Waals surface area contributed by atoms with Crippen molar-refractivity contribution in [1.29, 1.82) is 0 Å². The van der Waals surface area contributed by atoms with Gasteiger partial charge in [-0.1, -0.05) is 18.5 Å². The van der Waals surface area contributed by atoms with Gasteiger partial charge in [0.05, 0.1) is 7.11 Å². The Morgan fingerprint density at radius 2 is 2.14 bits per heavy atom. The first-order chi connectivity index (χ1) is 10.1. The molecule has 2 aromatic rings. The van der Waals surface area contributed by atoms with E-state index in [1.54, 1.807) is 20.1 Å². The molecule has 114 valence electrons. The molecular formula is C14H18ClN3O3. The molecule has 0 spiro atoms. The summed E-state index contributed by atoms with van der Waals surface area (Å²) >= 11 is 6.10. The number of nitrogens with one attached hydrogen (secondary N) is 1. The minimum atomic E-state index is 0.179. The van der Waals surface area contributed by atoms with Crippen LogP contribution in [-0.2, 0) is 13.2 Å². The standard InChI is InChI=1S/C14H18ClN3O3/c1-4-16-7-10-5-11(15)6-12(19-3)14(10)20-8-13-18-17-9(2)21-13/h5-6,16H,4,7-8H2,1-3H3. The first-order valence-corrected chi connectivity index (χ1v) is 7.00. The van der Waals surface area contributed by atoms with Gasteiger partial charge in [-0.2, -0.15) is 0 Å². The van der Waals surface area contributed by atoms with Crippen LogP contribution in [0, 0.1) is 6.92 Å². The summed E-state index contributed by atoms with van der Waals surface area (Å²) in [5.41, 5.74) is 0.914. The molecular weight excluding hydrogens is 294 g/mol. The second-order valence-electron chi connectivity index (χ2n) is 4.38. The molecule has 0 aliphatic carbocycles. The van der Waals surface area contributed by atoms with Crippen molar-refractivity contribution < 1.29 is 13.9 Å². The van der Waals surface area contributed by atoms with Crippen LogP contribution in [0.5, 0.6) is 11.5 Å². The summed E-state index contributed by atoms with van der Waals surface area (Å²) in [5.74, 6) is 2.12. The maximum Gasteiger partial charge on any atom is 0.253 e. The molecule has 7 heteroatoms. The van der Waals surface area contributed by atoms with Gasteiger partial charge in [0.15, 0.2) is 18.1 Å². The lowest BCUT2D eigenvalue weighted by molar-refractivity contribution is 0.245. The number of benzene rings is 1. The van der Waals surface area contributed by atoms with Crippen molar-refractivity contribution in [3.8, 4) is 11.5 Å². The van der Waals surface area contributed by atoms with Gasteiger partial charge in [-0.25, -0.2) is 0 Å². The van der Waals surface area contributed by atoms with Gasteiger partial charge in [0.25, 0.3) is 5.89 Å². The molecule has 21 heavy (non-hydrogen) atoms. The average molecular weight is 312 g/mol. The predicted molar refractivity (Wildman–Crippen MR) is 78.8 cm³/mol. The van der Waals surface area contributed by atoms with Crippen LogP contribution < -0.4 is 14.8 Å².